The highest BCUT2D eigenvalue weighted by Crippen LogP contribution is 2.26. The fraction of sp³-hybridized carbons (Fsp3) is 0. The predicted molar refractivity (Wildman–Crippen MR) is 50.2 cm³/mol. The van der Waals surface area contributed by atoms with Crippen LogP contribution in [0.2, 0.25) is 0 Å². The summed E-state index contributed by atoms with van der Waals surface area (Å²) in [4.78, 5) is 9.57. The van der Waals surface area contributed by atoms with Gasteiger partial charge in [0.15, 0.2) is 5.82 Å². The second-order valence-electron chi connectivity index (χ2n) is 2.08. The topological polar surface area (TPSA) is 69.2 Å². The number of halogens is 2. The van der Waals surface area contributed by atoms with Crippen LogP contribution in [0.15, 0.2) is 12.1 Å². The third-order valence-electron chi connectivity index (χ3n) is 1.27. The maximum absolute atomic E-state index is 12.8. The minimum absolute atomic E-state index is 0.389. The second-order valence-corrected chi connectivity index (χ2v) is 3.32. The van der Waals surface area contributed by atoms with E-state index in [4.69, 9.17) is 5.73 Å². The van der Waals surface area contributed by atoms with Crippen LogP contribution >= 0.6 is 22.6 Å². The van der Waals surface area contributed by atoms with Crippen LogP contribution in [0.25, 0.3) is 0 Å². The molecule has 2 N–H and O–H groups in total. The smallest absolute Gasteiger partial charge is 0.296 e. The van der Waals surface area contributed by atoms with Gasteiger partial charge in [-0.2, -0.15) is 0 Å². The highest BCUT2D eigenvalue weighted by atomic mass is 127. The van der Waals surface area contributed by atoms with Crippen LogP contribution in [-0.4, -0.2) is 4.92 Å². The number of nitro benzene ring substituents is 1. The van der Waals surface area contributed by atoms with E-state index in [0.29, 0.717) is 3.57 Å². The number of hydrogen-bond acceptors (Lipinski definition) is 3. The summed E-state index contributed by atoms with van der Waals surface area (Å²) in [6.07, 6.45) is 0. The molecule has 0 unspecified atom stereocenters. The van der Waals surface area contributed by atoms with Crippen molar-refractivity contribution < 1.29 is 9.31 Å². The van der Waals surface area contributed by atoms with Crippen LogP contribution in [0.4, 0.5) is 15.8 Å². The van der Waals surface area contributed by atoms with Crippen molar-refractivity contribution in [3.63, 3.8) is 0 Å². The summed E-state index contributed by atoms with van der Waals surface area (Å²) in [7, 11) is 0. The first kappa shape index (κ1) is 9.17. The van der Waals surface area contributed by atoms with Gasteiger partial charge in [-0.15, -0.1) is 0 Å². The number of rotatable bonds is 1. The van der Waals surface area contributed by atoms with Crippen molar-refractivity contribution in [1.29, 1.82) is 0 Å². The molecule has 64 valence electrons. The molecule has 0 aliphatic rings. The van der Waals surface area contributed by atoms with E-state index in [1.165, 1.54) is 6.07 Å². The minimum Gasteiger partial charge on any atom is -0.391 e. The van der Waals surface area contributed by atoms with Gasteiger partial charge in [0.2, 0.25) is 0 Å². The van der Waals surface area contributed by atoms with Gasteiger partial charge in [0.1, 0.15) is 5.69 Å². The Labute approximate surface area is 80.9 Å². The van der Waals surface area contributed by atoms with Gasteiger partial charge in [0, 0.05) is 9.64 Å². The van der Waals surface area contributed by atoms with Crippen LogP contribution in [0.3, 0.4) is 0 Å². The lowest BCUT2D eigenvalue weighted by Gasteiger charge is -1.98. The van der Waals surface area contributed by atoms with Crippen LogP contribution in [0.1, 0.15) is 0 Å². The fourth-order valence-corrected chi connectivity index (χ4v) is 1.29. The summed E-state index contributed by atoms with van der Waals surface area (Å²) in [5.41, 5.74) is 4.33. The van der Waals surface area contributed by atoms with Crippen molar-refractivity contribution in [3.8, 4) is 0 Å². The molecule has 0 radical (unpaired) electrons. The Hall–Kier alpha value is -0.920. The Morgan fingerprint density at radius 2 is 2.17 bits per heavy atom. The molecule has 0 spiro atoms. The van der Waals surface area contributed by atoms with Gasteiger partial charge in [-0.05, 0) is 28.7 Å². The van der Waals surface area contributed by atoms with Crippen molar-refractivity contribution in [2.75, 3.05) is 5.73 Å². The first-order chi connectivity index (χ1) is 5.52. The minimum atomic E-state index is -0.756. The third-order valence-corrected chi connectivity index (χ3v) is 1.89. The first-order valence-electron chi connectivity index (χ1n) is 2.91. The van der Waals surface area contributed by atoms with Crippen molar-refractivity contribution in [2.24, 2.45) is 0 Å². The van der Waals surface area contributed by atoms with Crippen molar-refractivity contribution >= 4 is 34.0 Å². The number of nitrogens with two attached hydrogens (primary N) is 1. The molecule has 1 rings (SSSR count). The maximum Gasteiger partial charge on any atom is 0.296 e. The fourth-order valence-electron chi connectivity index (χ4n) is 0.722. The molecule has 0 bridgehead atoms. The zero-order valence-electron chi connectivity index (χ0n) is 5.75. The van der Waals surface area contributed by atoms with E-state index in [-0.39, 0.29) is 5.69 Å². The monoisotopic (exact) mass is 282 g/mol. The van der Waals surface area contributed by atoms with Gasteiger partial charge in [0.25, 0.3) is 5.69 Å². The molecule has 0 saturated heterocycles. The summed E-state index contributed by atoms with van der Waals surface area (Å²) in [5.74, 6) is -0.756. The van der Waals surface area contributed by atoms with Gasteiger partial charge in [-0.25, -0.2) is 4.39 Å². The summed E-state index contributed by atoms with van der Waals surface area (Å²) >= 11 is 1.78. The van der Waals surface area contributed by atoms with Gasteiger partial charge >= 0.3 is 0 Å². The lowest BCUT2D eigenvalue weighted by molar-refractivity contribution is -0.384. The Morgan fingerprint density at radius 1 is 1.58 bits per heavy atom. The summed E-state index contributed by atoms with van der Waals surface area (Å²) < 4.78 is 13.2. The molecule has 12 heavy (non-hydrogen) atoms. The molecule has 0 aliphatic heterocycles. The normalized spacial score (nSPS) is 9.83. The number of nitrogens with zero attached hydrogens (tertiary/aromatic N) is 1. The van der Waals surface area contributed by atoms with Gasteiger partial charge < -0.3 is 5.73 Å². The predicted octanol–water partition coefficient (Wildman–Crippen LogP) is 1.92. The standard InChI is InChI=1S/C6H4FIN2O2/c7-4-1-3(8)2-5(6(4)9)10(11)12/h1-2H,9H2. The summed E-state index contributed by atoms with van der Waals surface area (Å²) in [6.45, 7) is 0. The van der Waals surface area contributed by atoms with Crippen molar-refractivity contribution in [3.05, 3.63) is 31.6 Å². The van der Waals surface area contributed by atoms with E-state index >= 15 is 0 Å². The molecule has 0 heterocycles. The Morgan fingerprint density at radius 3 is 2.67 bits per heavy atom. The lowest BCUT2D eigenvalue weighted by Crippen LogP contribution is -1.99. The molecule has 0 fully saturated rings. The molecule has 4 nitrogen and oxygen atoms in total. The lowest BCUT2D eigenvalue weighted by atomic mass is 10.2. The Balaban J connectivity index is 3.37. The van der Waals surface area contributed by atoms with E-state index in [9.17, 15) is 14.5 Å². The highest BCUT2D eigenvalue weighted by Gasteiger charge is 2.15. The van der Waals surface area contributed by atoms with Crippen LogP contribution in [0, 0.1) is 19.5 Å². The molecule has 0 atom stereocenters. The van der Waals surface area contributed by atoms with E-state index < -0.39 is 16.4 Å². The largest absolute Gasteiger partial charge is 0.391 e. The summed E-state index contributed by atoms with van der Waals surface area (Å²) in [5, 5.41) is 10.3. The Kier molecular flexibility index (Phi) is 2.46. The van der Waals surface area contributed by atoms with Gasteiger partial charge in [-0.1, -0.05) is 0 Å². The molecule has 0 aromatic heterocycles. The Bertz CT molecular complexity index is 343. The molecular weight excluding hydrogens is 278 g/mol. The molecule has 1 aromatic carbocycles. The molecule has 6 heteroatoms. The average Bonchev–Trinajstić information content (AvgIpc) is 1.96. The van der Waals surface area contributed by atoms with Crippen LogP contribution in [0.5, 0.6) is 0 Å². The van der Waals surface area contributed by atoms with E-state index in [1.807, 2.05) is 0 Å². The highest BCUT2D eigenvalue weighted by molar-refractivity contribution is 14.1. The van der Waals surface area contributed by atoms with Crippen LogP contribution < -0.4 is 5.73 Å². The van der Waals surface area contributed by atoms with Gasteiger partial charge in [0.05, 0.1) is 4.92 Å². The SMILES string of the molecule is Nc1c(F)cc(I)cc1[N+](=O)[O-]. The number of benzene rings is 1. The maximum atomic E-state index is 12.8. The van der Waals surface area contributed by atoms with E-state index in [0.717, 1.165) is 6.07 Å². The van der Waals surface area contributed by atoms with Gasteiger partial charge in [-0.3, -0.25) is 10.1 Å². The first-order valence-corrected chi connectivity index (χ1v) is 3.99. The second kappa shape index (κ2) is 3.21. The quantitative estimate of drug-likeness (QED) is 0.370. The van der Waals surface area contributed by atoms with E-state index in [2.05, 4.69) is 0 Å². The number of nitrogen functional groups attached to an aromatic ring is 1. The summed E-state index contributed by atoms with van der Waals surface area (Å²) in [6, 6.07) is 2.36. The van der Waals surface area contributed by atoms with Crippen molar-refractivity contribution in [2.45, 2.75) is 0 Å². The van der Waals surface area contributed by atoms with E-state index in [1.54, 1.807) is 22.6 Å². The third kappa shape index (κ3) is 1.63. The number of hydrogen-bond donors (Lipinski definition) is 1. The number of nitro groups is 1. The molecule has 0 saturated carbocycles. The molecule has 0 aliphatic carbocycles. The number of anilines is 1. The molecular formula is C6H4FIN2O2. The van der Waals surface area contributed by atoms with Crippen molar-refractivity contribution in [1.82, 2.24) is 0 Å². The molecule has 1 aromatic rings. The molecule has 0 amide bonds. The zero-order valence-corrected chi connectivity index (χ0v) is 7.91. The zero-order chi connectivity index (χ0) is 9.30. The van der Waals surface area contributed by atoms with Crippen LogP contribution in [-0.2, 0) is 0 Å². The average molecular weight is 282 g/mol.